The van der Waals surface area contributed by atoms with Crippen LogP contribution < -0.4 is 0 Å². The Balaban J connectivity index is 3.76. The SMILES string of the molecule is O=CCOCCS(=O)(=O)CC(=O)O. The van der Waals surface area contributed by atoms with Gasteiger partial charge in [0.15, 0.2) is 9.84 Å². The lowest BCUT2D eigenvalue weighted by atomic mass is 10.8. The molecule has 76 valence electrons. The molecule has 0 bridgehead atoms. The van der Waals surface area contributed by atoms with Gasteiger partial charge in [0, 0.05) is 0 Å². The van der Waals surface area contributed by atoms with Crippen LogP contribution >= 0.6 is 0 Å². The molecular formula is C6H10O6S. The summed E-state index contributed by atoms with van der Waals surface area (Å²) in [6, 6.07) is 0. The third kappa shape index (κ3) is 7.41. The standard InChI is InChI=1S/C6H10O6S/c7-1-2-12-3-4-13(10,11)5-6(8)9/h1H,2-5H2,(H,8,9). The molecule has 0 unspecified atom stereocenters. The molecule has 0 saturated carbocycles. The molecule has 0 aliphatic rings. The Morgan fingerprint density at radius 1 is 1.46 bits per heavy atom. The fourth-order valence-corrected chi connectivity index (χ4v) is 1.47. The predicted molar refractivity (Wildman–Crippen MR) is 43.2 cm³/mol. The van der Waals surface area contributed by atoms with Crippen molar-refractivity contribution in [3.63, 3.8) is 0 Å². The summed E-state index contributed by atoms with van der Waals surface area (Å²) in [6.45, 7) is -0.336. The molecule has 6 nitrogen and oxygen atoms in total. The van der Waals surface area contributed by atoms with Gasteiger partial charge in [-0.05, 0) is 0 Å². The zero-order valence-corrected chi connectivity index (χ0v) is 7.62. The molecule has 0 aromatic rings. The van der Waals surface area contributed by atoms with Crippen molar-refractivity contribution in [2.75, 3.05) is 24.7 Å². The van der Waals surface area contributed by atoms with Crippen molar-refractivity contribution in [1.29, 1.82) is 0 Å². The second kappa shape index (κ2) is 5.65. The second-order valence-corrected chi connectivity index (χ2v) is 4.41. The summed E-state index contributed by atoms with van der Waals surface area (Å²) in [5, 5.41) is 8.18. The van der Waals surface area contributed by atoms with Crippen molar-refractivity contribution < 1.29 is 27.9 Å². The number of carbonyl (C=O) groups excluding carboxylic acids is 1. The van der Waals surface area contributed by atoms with E-state index in [1.54, 1.807) is 0 Å². The van der Waals surface area contributed by atoms with Crippen LogP contribution in [0, 0.1) is 0 Å². The van der Waals surface area contributed by atoms with E-state index in [-0.39, 0.29) is 19.0 Å². The van der Waals surface area contributed by atoms with Crippen LogP contribution in [0.15, 0.2) is 0 Å². The van der Waals surface area contributed by atoms with Crippen LogP contribution in [-0.4, -0.2) is 50.5 Å². The number of carboxylic acids is 1. The average Bonchev–Trinajstić information content (AvgIpc) is 1.95. The summed E-state index contributed by atoms with van der Waals surface area (Å²) in [4.78, 5) is 19.8. The van der Waals surface area contributed by atoms with Gasteiger partial charge in [0.2, 0.25) is 0 Å². The second-order valence-electron chi connectivity index (χ2n) is 2.23. The maximum absolute atomic E-state index is 10.9. The maximum atomic E-state index is 10.9. The highest BCUT2D eigenvalue weighted by Gasteiger charge is 2.15. The fraction of sp³-hybridized carbons (Fsp3) is 0.667. The molecule has 0 amide bonds. The number of aliphatic carboxylic acids is 1. The smallest absolute Gasteiger partial charge is 0.318 e. The van der Waals surface area contributed by atoms with Crippen LogP contribution in [0.25, 0.3) is 0 Å². The Bertz CT molecular complexity index is 267. The summed E-state index contributed by atoms with van der Waals surface area (Å²) >= 11 is 0. The van der Waals surface area contributed by atoms with Crippen molar-refractivity contribution in [3.8, 4) is 0 Å². The van der Waals surface area contributed by atoms with Gasteiger partial charge in [-0.3, -0.25) is 4.79 Å². The first kappa shape index (κ1) is 12.0. The third-order valence-corrected chi connectivity index (χ3v) is 2.54. The normalized spacial score (nSPS) is 11.1. The first-order valence-corrected chi connectivity index (χ1v) is 5.23. The summed E-state index contributed by atoms with van der Waals surface area (Å²) < 4.78 is 26.3. The van der Waals surface area contributed by atoms with E-state index in [1.165, 1.54) is 0 Å². The van der Waals surface area contributed by atoms with Crippen molar-refractivity contribution in [2.24, 2.45) is 0 Å². The largest absolute Gasteiger partial charge is 0.480 e. The van der Waals surface area contributed by atoms with Crippen molar-refractivity contribution in [1.82, 2.24) is 0 Å². The number of hydrogen-bond donors (Lipinski definition) is 1. The van der Waals surface area contributed by atoms with Gasteiger partial charge >= 0.3 is 5.97 Å². The Morgan fingerprint density at radius 3 is 2.54 bits per heavy atom. The van der Waals surface area contributed by atoms with Crippen molar-refractivity contribution >= 4 is 22.1 Å². The Morgan fingerprint density at radius 2 is 2.08 bits per heavy atom. The number of carbonyl (C=O) groups is 2. The van der Waals surface area contributed by atoms with E-state index < -0.39 is 21.6 Å². The van der Waals surface area contributed by atoms with E-state index >= 15 is 0 Å². The fourth-order valence-electron chi connectivity index (χ4n) is 0.578. The van der Waals surface area contributed by atoms with E-state index in [0.29, 0.717) is 6.29 Å². The minimum atomic E-state index is -3.60. The molecule has 0 fully saturated rings. The lowest BCUT2D eigenvalue weighted by Crippen LogP contribution is -2.21. The molecule has 1 N–H and O–H groups in total. The number of carboxylic acid groups (broad SMARTS) is 1. The Labute approximate surface area is 75.4 Å². The lowest BCUT2D eigenvalue weighted by Gasteiger charge is -2.00. The minimum Gasteiger partial charge on any atom is -0.480 e. The molecule has 0 spiro atoms. The number of sulfone groups is 1. The van der Waals surface area contributed by atoms with E-state index in [0.717, 1.165) is 0 Å². The van der Waals surface area contributed by atoms with Crippen LogP contribution in [-0.2, 0) is 24.2 Å². The molecule has 0 aliphatic heterocycles. The molecular weight excluding hydrogens is 200 g/mol. The van der Waals surface area contributed by atoms with Crippen LogP contribution in [0.4, 0.5) is 0 Å². The maximum Gasteiger partial charge on any atom is 0.318 e. The average molecular weight is 210 g/mol. The first-order chi connectivity index (χ1) is 5.98. The zero-order chi connectivity index (χ0) is 10.3. The van der Waals surface area contributed by atoms with E-state index in [4.69, 9.17) is 5.11 Å². The summed E-state index contributed by atoms with van der Waals surface area (Å²) in [6.07, 6.45) is 0.490. The molecule has 0 radical (unpaired) electrons. The highest BCUT2D eigenvalue weighted by molar-refractivity contribution is 7.92. The molecule has 0 aromatic heterocycles. The predicted octanol–water partition coefficient (Wildman–Crippen LogP) is -1.30. The number of hydrogen-bond acceptors (Lipinski definition) is 5. The lowest BCUT2D eigenvalue weighted by molar-refractivity contribution is -0.134. The van der Waals surface area contributed by atoms with Gasteiger partial charge in [0.05, 0.1) is 12.4 Å². The number of rotatable bonds is 7. The minimum absolute atomic E-state index is 0.158. The van der Waals surface area contributed by atoms with Gasteiger partial charge in [0.25, 0.3) is 0 Å². The van der Waals surface area contributed by atoms with Crippen LogP contribution in [0.3, 0.4) is 0 Å². The molecule has 0 heterocycles. The van der Waals surface area contributed by atoms with Crippen LogP contribution in [0.2, 0.25) is 0 Å². The molecule has 0 atom stereocenters. The van der Waals surface area contributed by atoms with E-state index in [2.05, 4.69) is 4.74 Å². The number of ether oxygens (including phenoxy) is 1. The Kier molecular flexibility index (Phi) is 5.24. The van der Waals surface area contributed by atoms with Gasteiger partial charge in [-0.2, -0.15) is 0 Å². The molecule has 13 heavy (non-hydrogen) atoms. The van der Waals surface area contributed by atoms with Crippen molar-refractivity contribution in [3.05, 3.63) is 0 Å². The molecule has 7 heteroatoms. The van der Waals surface area contributed by atoms with Gasteiger partial charge in [-0.1, -0.05) is 0 Å². The van der Waals surface area contributed by atoms with Crippen molar-refractivity contribution in [2.45, 2.75) is 0 Å². The quantitative estimate of drug-likeness (QED) is 0.414. The Hall–Kier alpha value is -0.950. The summed E-state index contributed by atoms with van der Waals surface area (Å²) in [5.41, 5.74) is 0. The summed E-state index contributed by atoms with van der Waals surface area (Å²) in [7, 11) is -3.60. The van der Waals surface area contributed by atoms with Gasteiger partial charge < -0.3 is 14.6 Å². The molecule has 0 rings (SSSR count). The van der Waals surface area contributed by atoms with Crippen LogP contribution in [0.1, 0.15) is 0 Å². The monoisotopic (exact) mass is 210 g/mol. The van der Waals surface area contributed by atoms with E-state index in [9.17, 15) is 18.0 Å². The topological polar surface area (TPSA) is 97.7 Å². The van der Waals surface area contributed by atoms with Gasteiger partial charge in [0.1, 0.15) is 18.6 Å². The van der Waals surface area contributed by atoms with Gasteiger partial charge in [-0.25, -0.2) is 8.42 Å². The third-order valence-electron chi connectivity index (χ3n) is 1.07. The van der Waals surface area contributed by atoms with E-state index in [1.807, 2.05) is 0 Å². The van der Waals surface area contributed by atoms with Gasteiger partial charge in [-0.15, -0.1) is 0 Å². The molecule has 0 aliphatic carbocycles. The zero-order valence-electron chi connectivity index (χ0n) is 6.80. The summed E-state index contributed by atoms with van der Waals surface area (Å²) in [5.74, 6) is -2.68. The van der Waals surface area contributed by atoms with Crippen LogP contribution in [0.5, 0.6) is 0 Å². The highest BCUT2D eigenvalue weighted by Crippen LogP contribution is 1.90. The highest BCUT2D eigenvalue weighted by atomic mass is 32.2. The molecule has 0 aromatic carbocycles. The first-order valence-electron chi connectivity index (χ1n) is 3.41. The number of aldehydes is 1. The molecule has 0 saturated heterocycles.